The van der Waals surface area contributed by atoms with Crippen LogP contribution in [0.5, 0.6) is 0 Å². The summed E-state index contributed by atoms with van der Waals surface area (Å²) >= 11 is 0. The molecule has 5 atom stereocenters. The first-order chi connectivity index (χ1) is 12.1. The van der Waals surface area contributed by atoms with E-state index in [1.807, 2.05) is 23.1 Å². The van der Waals surface area contributed by atoms with Gasteiger partial charge in [-0.25, -0.2) is 0 Å². The summed E-state index contributed by atoms with van der Waals surface area (Å²) in [7, 11) is 0. The lowest BCUT2D eigenvalue weighted by Crippen LogP contribution is -2.39. The van der Waals surface area contributed by atoms with Crippen molar-refractivity contribution in [2.24, 2.45) is 11.7 Å². The van der Waals surface area contributed by atoms with Gasteiger partial charge in [-0.15, -0.1) is 0 Å². The number of amides is 2. The molecule has 3 N–H and O–H groups in total. The van der Waals surface area contributed by atoms with Crippen molar-refractivity contribution >= 4 is 11.8 Å². The molecule has 0 radical (unpaired) electrons. The number of hydrogen-bond donors (Lipinski definition) is 2. The topological polar surface area (TPSA) is 75.4 Å². The Bertz CT molecular complexity index is 648. The van der Waals surface area contributed by atoms with E-state index in [1.54, 1.807) is 0 Å². The van der Waals surface area contributed by atoms with E-state index in [2.05, 4.69) is 17.4 Å². The van der Waals surface area contributed by atoms with Gasteiger partial charge in [-0.3, -0.25) is 9.59 Å². The molecule has 134 valence electrons. The first-order valence-corrected chi connectivity index (χ1v) is 9.51. The molecule has 1 heterocycles. The first-order valence-electron chi connectivity index (χ1n) is 9.51. The van der Waals surface area contributed by atoms with Crippen molar-refractivity contribution in [1.29, 1.82) is 0 Å². The van der Waals surface area contributed by atoms with E-state index in [1.165, 1.54) is 5.56 Å². The Morgan fingerprint density at radius 3 is 2.76 bits per heavy atom. The van der Waals surface area contributed by atoms with Crippen LogP contribution in [0.15, 0.2) is 30.3 Å². The van der Waals surface area contributed by atoms with E-state index in [0.717, 1.165) is 25.7 Å². The van der Waals surface area contributed by atoms with Crippen LogP contribution in [0, 0.1) is 5.92 Å². The number of hydrogen-bond acceptors (Lipinski definition) is 3. The zero-order valence-electron chi connectivity index (χ0n) is 14.6. The molecular formula is C20H27N3O2. The molecular weight excluding hydrogens is 314 g/mol. The van der Waals surface area contributed by atoms with Gasteiger partial charge in [0.2, 0.25) is 11.8 Å². The molecule has 5 nitrogen and oxygen atoms in total. The minimum absolute atomic E-state index is 0.0466. The average Bonchev–Trinajstić information content (AvgIpc) is 3.17. The molecule has 1 aromatic rings. The van der Waals surface area contributed by atoms with Crippen molar-refractivity contribution < 1.29 is 9.59 Å². The quantitative estimate of drug-likeness (QED) is 0.857. The van der Waals surface area contributed by atoms with Gasteiger partial charge in [-0.05, 0) is 30.7 Å². The van der Waals surface area contributed by atoms with Gasteiger partial charge in [-0.1, -0.05) is 36.8 Å². The molecule has 1 aliphatic heterocycles. The second-order valence-electron chi connectivity index (χ2n) is 7.89. The lowest BCUT2D eigenvalue weighted by atomic mass is 9.99. The Kier molecular flexibility index (Phi) is 4.50. The second-order valence-corrected chi connectivity index (χ2v) is 7.89. The fraction of sp³-hybridized carbons (Fsp3) is 0.600. The number of nitrogens with one attached hydrogen (secondary N) is 1. The van der Waals surface area contributed by atoms with E-state index in [9.17, 15) is 9.59 Å². The summed E-state index contributed by atoms with van der Waals surface area (Å²) in [5, 5.41) is 3.07. The minimum Gasteiger partial charge on any atom is -0.351 e. The van der Waals surface area contributed by atoms with Gasteiger partial charge < -0.3 is 16.0 Å². The normalized spacial score (nSPS) is 34.4. The molecule has 1 saturated heterocycles. The second kappa shape index (κ2) is 6.79. The summed E-state index contributed by atoms with van der Waals surface area (Å²) < 4.78 is 0. The molecule has 0 aromatic heterocycles. The van der Waals surface area contributed by atoms with E-state index in [4.69, 9.17) is 5.73 Å². The molecule has 1 aromatic carbocycles. The Morgan fingerprint density at radius 1 is 1.24 bits per heavy atom. The van der Waals surface area contributed by atoms with Crippen molar-refractivity contribution in [1.82, 2.24) is 10.2 Å². The summed E-state index contributed by atoms with van der Waals surface area (Å²) in [6.07, 6.45) is 5.16. The maximum absolute atomic E-state index is 12.4. The van der Waals surface area contributed by atoms with Crippen molar-refractivity contribution in [3.8, 4) is 0 Å². The Balaban J connectivity index is 1.28. The largest absolute Gasteiger partial charge is 0.351 e. The van der Waals surface area contributed by atoms with Crippen LogP contribution >= 0.6 is 0 Å². The third kappa shape index (κ3) is 3.56. The summed E-state index contributed by atoms with van der Waals surface area (Å²) in [6, 6.07) is 10.8. The Hall–Kier alpha value is -1.88. The van der Waals surface area contributed by atoms with Crippen LogP contribution in [0.3, 0.4) is 0 Å². The molecule has 0 bridgehead atoms. The maximum atomic E-state index is 12.4. The number of nitrogens with two attached hydrogens (primary N) is 1. The van der Waals surface area contributed by atoms with Crippen LogP contribution in [0.2, 0.25) is 0 Å². The lowest BCUT2D eigenvalue weighted by molar-refractivity contribution is -0.128. The van der Waals surface area contributed by atoms with Crippen LogP contribution in [0.1, 0.15) is 50.0 Å². The van der Waals surface area contributed by atoms with Crippen molar-refractivity contribution in [2.75, 3.05) is 6.54 Å². The molecule has 3 unspecified atom stereocenters. The van der Waals surface area contributed by atoms with Crippen LogP contribution in [-0.2, 0) is 9.59 Å². The van der Waals surface area contributed by atoms with E-state index in [-0.39, 0.29) is 23.9 Å². The van der Waals surface area contributed by atoms with Gasteiger partial charge >= 0.3 is 0 Å². The highest BCUT2D eigenvalue weighted by molar-refractivity contribution is 5.83. The molecule has 2 aliphatic carbocycles. The van der Waals surface area contributed by atoms with Crippen molar-refractivity contribution in [2.45, 2.75) is 62.6 Å². The van der Waals surface area contributed by atoms with Gasteiger partial charge in [0, 0.05) is 37.4 Å². The van der Waals surface area contributed by atoms with Crippen LogP contribution in [-0.4, -0.2) is 41.4 Å². The standard InChI is InChI=1S/C20H27N3O2/c21-17-8-4-7-14(17)9-19(24)22-15-10-20(25)23(12-15)18-11-16(18)13-5-2-1-3-6-13/h1-3,5-6,14-18H,4,7-12,21H2,(H,22,24)/t14-,15?,16?,17+,18?/m0/s1. The summed E-state index contributed by atoms with van der Waals surface area (Å²) in [4.78, 5) is 26.6. The van der Waals surface area contributed by atoms with Crippen LogP contribution < -0.4 is 11.1 Å². The number of nitrogens with zero attached hydrogens (tertiary/aromatic N) is 1. The van der Waals surface area contributed by atoms with Crippen LogP contribution in [0.25, 0.3) is 0 Å². The van der Waals surface area contributed by atoms with Gasteiger partial charge in [0.1, 0.15) is 0 Å². The fourth-order valence-electron chi connectivity index (χ4n) is 4.58. The van der Waals surface area contributed by atoms with Gasteiger partial charge in [0.15, 0.2) is 0 Å². The first kappa shape index (κ1) is 16.6. The SMILES string of the molecule is N[C@@H]1CCC[C@H]1CC(=O)NC1CC(=O)N(C2CC2c2ccccc2)C1. The van der Waals surface area contributed by atoms with E-state index in [0.29, 0.717) is 37.3 Å². The summed E-state index contributed by atoms with van der Waals surface area (Å²) in [5.41, 5.74) is 7.36. The number of carbonyl (C=O) groups is 2. The highest BCUT2D eigenvalue weighted by Gasteiger charge is 2.48. The molecule has 2 saturated carbocycles. The molecule has 25 heavy (non-hydrogen) atoms. The zero-order chi connectivity index (χ0) is 17.4. The monoisotopic (exact) mass is 341 g/mol. The molecule has 3 fully saturated rings. The molecule has 5 heteroatoms. The molecule has 0 spiro atoms. The summed E-state index contributed by atoms with van der Waals surface area (Å²) in [6.45, 7) is 0.648. The Morgan fingerprint density at radius 2 is 2.04 bits per heavy atom. The third-order valence-corrected chi connectivity index (χ3v) is 6.07. The molecule has 3 aliphatic rings. The number of rotatable bonds is 5. The number of likely N-dealkylation sites (tertiary alicyclic amines) is 1. The minimum atomic E-state index is -0.0466. The van der Waals surface area contributed by atoms with Gasteiger partial charge in [-0.2, -0.15) is 0 Å². The maximum Gasteiger partial charge on any atom is 0.225 e. The summed E-state index contributed by atoms with van der Waals surface area (Å²) in [5.74, 6) is 0.985. The predicted octanol–water partition coefficient (Wildman–Crippen LogP) is 1.78. The Labute approximate surface area is 148 Å². The van der Waals surface area contributed by atoms with Crippen LogP contribution in [0.4, 0.5) is 0 Å². The highest BCUT2D eigenvalue weighted by Crippen LogP contribution is 2.45. The smallest absolute Gasteiger partial charge is 0.225 e. The molecule has 2 amide bonds. The van der Waals surface area contributed by atoms with E-state index < -0.39 is 0 Å². The van der Waals surface area contributed by atoms with Crippen molar-refractivity contribution in [3.05, 3.63) is 35.9 Å². The fourth-order valence-corrected chi connectivity index (χ4v) is 4.58. The van der Waals surface area contributed by atoms with E-state index >= 15 is 0 Å². The third-order valence-electron chi connectivity index (χ3n) is 6.07. The number of benzene rings is 1. The van der Waals surface area contributed by atoms with Gasteiger partial charge in [0.25, 0.3) is 0 Å². The number of carbonyl (C=O) groups excluding carboxylic acids is 2. The highest BCUT2D eigenvalue weighted by atomic mass is 16.2. The molecule has 4 rings (SSSR count). The predicted molar refractivity (Wildman–Crippen MR) is 95.8 cm³/mol. The lowest BCUT2D eigenvalue weighted by Gasteiger charge is -2.19. The average molecular weight is 341 g/mol. The van der Waals surface area contributed by atoms with Crippen molar-refractivity contribution in [3.63, 3.8) is 0 Å². The van der Waals surface area contributed by atoms with Gasteiger partial charge in [0.05, 0.1) is 6.04 Å². The zero-order valence-corrected chi connectivity index (χ0v) is 14.6.